The summed E-state index contributed by atoms with van der Waals surface area (Å²) < 4.78 is 11.9. The molecule has 174 valence electrons. The average molecular weight is 464 g/mol. The van der Waals surface area contributed by atoms with Crippen molar-refractivity contribution in [2.75, 3.05) is 13.2 Å². The molecule has 2 N–H and O–H groups in total. The fourth-order valence-electron chi connectivity index (χ4n) is 4.02. The van der Waals surface area contributed by atoms with Crippen molar-refractivity contribution in [2.24, 2.45) is 0 Å². The highest BCUT2D eigenvalue weighted by Gasteiger charge is 2.50. The number of nitrogens with one attached hydrogen (secondary N) is 1. The van der Waals surface area contributed by atoms with Crippen LogP contribution in [0.4, 0.5) is 4.79 Å². The Kier molecular flexibility index (Phi) is 8.44. The van der Waals surface area contributed by atoms with Crippen LogP contribution in [0.1, 0.15) is 26.3 Å². The van der Waals surface area contributed by atoms with Gasteiger partial charge in [-0.05, 0) is 21.0 Å². The Morgan fingerprint density at radius 2 is 1.33 bits per heavy atom. The van der Waals surface area contributed by atoms with Gasteiger partial charge >= 0.3 is 6.09 Å². The minimum absolute atomic E-state index is 0.0687. The van der Waals surface area contributed by atoms with Gasteiger partial charge in [-0.2, -0.15) is 0 Å². The molecule has 3 aromatic rings. The van der Waals surface area contributed by atoms with Gasteiger partial charge in [0.1, 0.15) is 12.7 Å². The number of aliphatic hydroxyl groups excluding tert-OH is 1. The number of hydrogen-bond donors (Lipinski definition) is 2. The Hall–Kier alpha value is -2.93. The molecule has 1 amide bonds. The number of alkyl carbamates (subject to hydrolysis) is 1. The highest BCUT2D eigenvalue weighted by atomic mass is 28.4. The van der Waals surface area contributed by atoms with Crippen molar-refractivity contribution in [2.45, 2.75) is 38.5 Å². The van der Waals surface area contributed by atoms with E-state index in [-0.39, 0.29) is 18.3 Å². The number of benzene rings is 3. The quantitative estimate of drug-likeness (QED) is 0.473. The number of carbonyl (C=O) groups is 1. The lowest BCUT2D eigenvalue weighted by molar-refractivity contribution is 0.0363. The summed E-state index contributed by atoms with van der Waals surface area (Å²) in [5.41, 5.74) is 0.977. The predicted molar refractivity (Wildman–Crippen MR) is 134 cm³/mol. The SMILES string of the molecule is CC(C)(C)[Si](OC[C@H](O)COC(=O)NCc1ccccc1)(c1ccccc1)c1ccccc1. The second-order valence-corrected chi connectivity index (χ2v) is 13.4. The van der Waals surface area contributed by atoms with Crippen LogP contribution < -0.4 is 15.7 Å². The Morgan fingerprint density at radius 1 is 0.848 bits per heavy atom. The molecule has 0 saturated heterocycles. The van der Waals surface area contributed by atoms with Crippen LogP contribution in [0, 0.1) is 0 Å². The molecule has 0 aliphatic heterocycles. The summed E-state index contributed by atoms with van der Waals surface area (Å²) in [6.45, 7) is 6.84. The second kappa shape index (κ2) is 11.3. The van der Waals surface area contributed by atoms with E-state index in [0.29, 0.717) is 6.54 Å². The lowest BCUT2D eigenvalue weighted by atomic mass is 10.2. The van der Waals surface area contributed by atoms with Gasteiger partial charge in [0.2, 0.25) is 0 Å². The minimum Gasteiger partial charge on any atom is -0.447 e. The Morgan fingerprint density at radius 3 is 1.82 bits per heavy atom. The normalized spacial score (nSPS) is 12.7. The van der Waals surface area contributed by atoms with Gasteiger partial charge in [0.25, 0.3) is 8.32 Å². The maximum absolute atomic E-state index is 12.0. The van der Waals surface area contributed by atoms with Crippen LogP contribution in [-0.4, -0.2) is 38.8 Å². The van der Waals surface area contributed by atoms with Crippen molar-refractivity contribution < 1.29 is 19.1 Å². The lowest BCUT2D eigenvalue weighted by Crippen LogP contribution is -2.67. The van der Waals surface area contributed by atoms with Gasteiger partial charge < -0.3 is 19.6 Å². The number of amides is 1. The van der Waals surface area contributed by atoms with Crippen LogP contribution in [0.25, 0.3) is 0 Å². The van der Waals surface area contributed by atoms with E-state index in [1.54, 1.807) is 0 Å². The van der Waals surface area contributed by atoms with E-state index in [4.69, 9.17) is 9.16 Å². The van der Waals surface area contributed by atoms with Crippen molar-refractivity contribution >= 4 is 24.8 Å². The summed E-state index contributed by atoms with van der Waals surface area (Å²) in [6.07, 6.45) is -1.50. The van der Waals surface area contributed by atoms with E-state index in [1.165, 1.54) is 0 Å². The third kappa shape index (κ3) is 6.32. The van der Waals surface area contributed by atoms with E-state index in [2.05, 4.69) is 50.4 Å². The molecule has 0 fully saturated rings. The lowest BCUT2D eigenvalue weighted by Gasteiger charge is -2.43. The van der Waals surface area contributed by atoms with Crippen molar-refractivity contribution in [3.8, 4) is 0 Å². The molecule has 0 spiro atoms. The number of ether oxygens (including phenoxy) is 1. The highest BCUT2D eigenvalue weighted by Crippen LogP contribution is 2.36. The first-order valence-corrected chi connectivity index (χ1v) is 13.1. The molecular formula is C27H33NO4Si. The standard InChI is InChI=1S/C27H33NO4Si/c1-27(2,3)33(24-15-9-5-10-16-24,25-17-11-6-12-18-25)32-21-23(29)20-31-26(30)28-19-22-13-7-4-8-14-22/h4-18,23,29H,19-21H2,1-3H3,(H,28,30)/t23-/m1/s1. The first kappa shape index (κ1) is 24.7. The van der Waals surface area contributed by atoms with Gasteiger partial charge in [-0.15, -0.1) is 0 Å². The monoisotopic (exact) mass is 463 g/mol. The van der Waals surface area contributed by atoms with E-state index in [1.807, 2.05) is 66.7 Å². The largest absolute Gasteiger partial charge is 0.447 e. The number of rotatable bonds is 9. The molecule has 5 nitrogen and oxygen atoms in total. The number of aliphatic hydroxyl groups is 1. The van der Waals surface area contributed by atoms with Gasteiger partial charge in [-0.1, -0.05) is 112 Å². The summed E-state index contributed by atoms with van der Waals surface area (Å²) in [5.74, 6) is 0. The molecule has 1 atom stereocenters. The highest BCUT2D eigenvalue weighted by molar-refractivity contribution is 6.99. The molecule has 0 radical (unpaired) electrons. The van der Waals surface area contributed by atoms with Gasteiger partial charge in [0, 0.05) is 6.54 Å². The van der Waals surface area contributed by atoms with Crippen LogP contribution in [0.5, 0.6) is 0 Å². The number of hydrogen-bond acceptors (Lipinski definition) is 4. The van der Waals surface area contributed by atoms with Crippen LogP contribution in [-0.2, 0) is 15.7 Å². The van der Waals surface area contributed by atoms with Crippen LogP contribution >= 0.6 is 0 Å². The molecule has 0 aromatic heterocycles. The molecule has 3 rings (SSSR count). The predicted octanol–water partition coefficient (Wildman–Crippen LogP) is 3.85. The molecule has 33 heavy (non-hydrogen) atoms. The summed E-state index contributed by atoms with van der Waals surface area (Å²) in [5, 5.41) is 15.4. The molecule has 0 bridgehead atoms. The maximum Gasteiger partial charge on any atom is 0.407 e. The van der Waals surface area contributed by atoms with Crippen molar-refractivity contribution in [3.63, 3.8) is 0 Å². The third-order valence-electron chi connectivity index (χ3n) is 5.60. The summed E-state index contributed by atoms with van der Waals surface area (Å²) in [4.78, 5) is 12.0. The average Bonchev–Trinajstić information content (AvgIpc) is 2.83. The van der Waals surface area contributed by atoms with Crippen LogP contribution in [0.15, 0.2) is 91.0 Å². The van der Waals surface area contributed by atoms with E-state index in [9.17, 15) is 9.90 Å². The van der Waals surface area contributed by atoms with Crippen molar-refractivity contribution in [1.29, 1.82) is 0 Å². The molecule has 0 aliphatic rings. The molecule has 0 heterocycles. The molecule has 0 unspecified atom stereocenters. The molecule has 0 saturated carbocycles. The van der Waals surface area contributed by atoms with Gasteiger partial charge in [-0.3, -0.25) is 0 Å². The third-order valence-corrected chi connectivity index (χ3v) is 10.6. The van der Waals surface area contributed by atoms with E-state index >= 15 is 0 Å². The molecule has 0 aliphatic carbocycles. The Balaban J connectivity index is 1.67. The summed E-state index contributed by atoms with van der Waals surface area (Å²) >= 11 is 0. The van der Waals surface area contributed by atoms with Crippen molar-refractivity contribution in [1.82, 2.24) is 5.32 Å². The maximum atomic E-state index is 12.0. The first-order chi connectivity index (χ1) is 15.8. The zero-order valence-corrected chi connectivity index (χ0v) is 20.5. The smallest absolute Gasteiger partial charge is 0.407 e. The zero-order valence-electron chi connectivity index (χ0n) is 19.5. The number of carbonyl (C=O) groups excluding carboxylic acids is 1. The van der Waals surface area contributed by atoms with E-state index in [0.717, 1.165) is 15.9 Å². The Bertz CT molecular complexity index is 951. The minimum atomic E-state index is -2.74. The molecular weight excluding hydrogens is 430 g/mol. The van der Waals surface area contributed by atoms with Gasteiger partial charge in [-0.25, -0.2) is 4.79 Å². The van der Waals surface area contributed by atoms with Crippen LogP contribution in [0.3, 0.4) is 0 Å². The second-order valence-electron chi connectivity index (χ2n) is 9.07. The fraction of sp³-hybridized carbons (Fsp3) is 0.296. The fourth-order valence-corrected chi connectivity index (χ4v) is 8.62. The summed E-state index contributed by atoms with van der Waals surface area (Å²) in [6, 6.07) is 30.1. The van der Waals surface area contributed by atoms with E-state index < -0.39 is 20.5 Å². The topological polar surface area (TPSA) is 67.8 Å². The zero-order chi connectivity index (χ0) is 23.7. The van der Waals surface area contributed by atoms with Gasteiger partial charge in [0.15, 0.2) is 0 Å². The molecule has 3 aromatic carbocycles. The first-order valence-electron chi connectivity index (χ1n) is 11.2. The van der Waals surface area contributed by atoms with Crippen LogP contribution in [0.2, 0.25) is 5.04 Å². The van der Waals surface area contributed by atoms with Crippen molar-refractivity contribution in [3.05, 3.63) is 96.6 Å². The Labute approximate surface area is 197 Å². The molecule has 6 heteroatoms. The van der Waals surface area contributed by atoms with Gasteiger partial charge in [0.05, 0.1) is 6.61 Å². The summed E-state index contributed by atoms with van der Waals surface area (Å²) in [7, 11) is -2.74.